The average molecular weight is 326 g/mol. The molecule has 1 aromatic heterocycles. The van der Waals surface area contributed by atoms with E-state index in [0.29, 0.717) is 23.7 Å². The second-order valence-corrected chi connectivity index (χ2v) is 6.27. The van der Waals surface area contributed by atoms with E-state index in [1.54, 1.807) is 12.1 Å². The van der Waals surface area contributed by atoms with Gasteiger partial charge < -0.3 is 9.47 Å². The van der Waals surface area contributed by atoms with Crippen LogP contribution < -0.4 is 0 Å². The van der Waals surface area contributed by atoms with Crippen LogP contribution in [0.4, 0.5) is 0 Å². The monoisotopic (exact) mass is 325 g/mol. The smallest absolute Gasteiger partial charge is 0.255 e. The van der Waals surface area contributed by atoms with Crippen LogP contribution in [0.2, 0.25) is 5.02 Å². The molecule has 23 heavy (non-hydrogen) atoms. The van der Waals surface area contributed by atoms with Crippen LogP contribution in [-0.4, -0.2) is 33.4 Å². The third kappa shape index (κ3) is 2.30. The molecule has 0 saturated carbocycles. The number of likely N-dealkylation sites (tertiary alicyclic amines) is 1. The predicted molar refractivity (Wildman–Crippen MR) is 90.9 cm³/mol. The number of carbonyl (C=O) groups is 1. The van der Waals surface area contributed by atoms with E-state index in [9.17, 15) is 4.79 Å². The molecule has 1 saturated heterocycles. The van der Waals surface area contributed by atoms with Gasteiger partial charge in [-0.1, -0.05) is 35.9 Å². The Kier molecular flexibility index (Phi) is 3.34. The summed E-state index contributed by atoms with van der Waals surface area (Å²) in [7, 11) is 0. The number of fused-ring (bicyclic) bond motifs is 1. The van der Waals surface area contributed by atoms with Gasteiger partial charge in [0.15, 0.2) is 0 Å². The molecule has 0 radical (unpaired) electrons. The fourth-order valence-corrected chi connectivity index (χ4v) is 3.43. The van der Waals surface area contributed by atoms with Crippen LogP contribution in [-0.2, 0) is 0 Å². The molecule has 0 bridgehead atoms. The maximum absolute atomic E-state index is 12.5. The van der Waals surface area contributed by atoms with Crippen molar-refractivity contribution in [1.82, 2.24) is 14.5 Å². The Balaban J connectivity index is 1.56. The van der Waals surface area contributed by atoms with Crippen molar-refractivity contribution in [2.24, 2.45) is 0 Å². The van der Waals surface area contributed by atoms with Crippen molar-refractivity contribution in [3.8, 4) is 0 Å². The molecule has 0 unspecified atom stereocenters. The summed E-state index contributed by atoms with van der Waals surface area (Å²) in [5.41, 5.74) is 2.69. The van der Waals surface area contributed by atoms with Crippen molar-refractivity contribution in [1.29, 1.82) is 0 Å². The molecule has 3 aromatic rings. The minimum absolute atomic E-state index is 0.00563. The molecule has 1 fully saturated rings. The largest absolute Gasteiger partial charge is 0.334 e. The number of para-hydroxylation sites is 2. The van der Waals surface area contributed by atoms with Crippen LogP contribution in [0.25, 0.3) is 11.0 Å². The fraction of sp³-hybridized carbons (Fsp3) is 0.222. The SMILES string of the molecule is Cc1nc2ccccc2n1C1CN(C(=O)c2ccccc2Cl)C1. The lowest BCUT2D eigenvalue weighted by Gasteiger charge is -2.40. The lowest BCUT2D eigenvalue weighted by atomic mass is 10.1. The molecule has 0 N–H and O–H groups in total. The second kappa shape index (κ2) is 5.39. The summed E-state index contributed by atoms with van der Waals surface area (Å²) in [6.07, 6.45) is 0. The zero-order valence-corrected chi connectivity index (χ0v) is 13.5. The molecule has 0 atom stereocenters. The zero-order chi connectivity index (χ0) is 16.0. The van der Waals surface area contributed by atoms with E-state index in [1.165, 1.54) is 0 Å². The number of nitrogens with zero attached hydrogens (tertiary/aromatic N) is 3. The maximum Gasteiger partial charge on any atom is 0.255 e. The summed E-state index contributed by atoms with van der Waals surface area (Å²) >= 11 is 6.12. The number of halogens is 1. The Morgan fingerprint density at radius 3 is 2.61 bits per heavy atom. The van der Waals surface area contributed by atoms with Crippen molar-refractivity contribution in [3.05, 3.63) is 64.9 Å². The number of hydrogen-bond acceptors (Lipinski definition) is 2. The van der Waals surface area contributed by atoms with E-state index < -0.39 is 0 Å². The number of aromatic nitrogens is 2. The van der Waals surface area contributed by atoms with Crippen molar-refractivity contribution in [3.63, 3.8) is 0 Å². The molecule has 1 amide bonds. The van der Waals surface area contributed by atoms with Gasteiger partial charge in [0, 0.05) is 13.1 Å². The molecule has 116 valence electrons. The normalized spacial score (nSPS) is 15.0. The number of imidazole rings is 1. The first-order chi connectivity index (χ1) is 11.1. The highest BCUT2D eigenvalue weighted by Crippen LogP contribution is 2.29. The van der Waals surface area contributed by atoms with Gasteiger partial charge in [-0.15, -0.1) is 0 Å². The van der Waals surface area contributed by atoms with Gasteiger partial charge in [-0.3, -0.25) is 4.79 Å². The standard InChI is InChI=1S/C18H16ClN3O/c1-12-20-16-8-4-5-9-17(16)22(12)13-10-21(11-13)18(23)14-6-2-3-7-15(14)19/h2-9,13H,10-11H2,1H3. The Morgan fingerprint density at radius 2 is 1.83 bits per heavy atom. The Hall–Kier alpha value is -2.33. The highest BCUT2D eigenvalue weighted by molar-refractivity contribution is 6.33. The minimum Gasteiger partial charge on any atom is -0.334 e. The lowest BCUT2D eigenvalue weighted by Crippen LogP contribution is -2.51. The number of aryl methyl sites for hydroxylation is 1. The summed E-state index contributed by atoms with van der Waals surface area (Å²) < 4.78 is 2.23. The predicted octanol–water partition coefficient (Wildman–Crippen LogP) is 3.70. The number of rotatable bonds is 2. The summed E-state index contributed by atoms with van der Waals surface area (Å²) in [6.45, 7) is 3.38. The molecule has 4 rings (SSSR count). The van der Waals surface area contributed by atoms with Crippen molar-refractivity contribution < 1.29 is 4.79 Å². The molecule has 0 aliphatic carbocycles. The molecular weight excluding hydrogens is 310 g/mol. The van der Waals surface area contributed by atoms with Gasteiger partial charge in [0.2, 0.25) is 0 Å². The molecule has 5 heteroatoms. The summed E-state index contributed by atoms with van der Waals surface area (Å²) in [5, 5.41) is 0.505. The van der Waals surface area contributed by atoms with Crippen molar-refractivity contribution in [2.75, 3.05) is 13.1 Å². The Bertz CT molecular complexity index is 896. The fourth-order valence-electron chi connectivity index (χ4n) is 3.22. The second-order valence-electron chi connectivity index (χ2n) is 5.86. The van der Waals surface area contributed by atoms with Gasteiger partial charge in [0.25, 0.3) is 5.91 Å². The van der Waals surface area contributed by atoms with E-state index in [0.717, 1.165) is 16.9 Å². The number of benzene rings is 2. The number of carbonyl (C=O) groups excluding carboxylic acids is 1. The van der Waals surface area contributed by atoms with Gasteiger partial charge in [-0.25, -0.2) is 4.98 Å². The van der Waals surface area contributed by atoms with E-state index in [4.69, 9.17) is 11.6 Å². The van der Waals surface area contributed by atoms with Gasteiger partial charge in [0.05, 0.1) is 27.7 Å². The van der Waals surface area contributed by atoms with Crippen LogP contribution >= 0.6 is 11.6 Å². The van der Waals surface area contributed by atoms with Gasteiger partial charge >= 0.3 is 0 Å². The number of hydrogen-bond donors (Lipinski definition) is 0. The molecule has 0 spiro atoms. The molecule has 2 heterocycles. The molecule has 4 nitrogen and oxygen atoms in total. The molecule has 1 aliphatic rings. The third-order valence-electron chi connectivity index (χ3n) is 4.39. The van der Waals surface area contributed by atoms with Crippen LogP contribution in [0.1, 0.15) is 22.2 Å². The van der Waals surface area contributed by atoms with E-state index in [-0.39, 0.29) is 11.9 Å². The summed E-state index contributed by atoms with van der Waals surface area (Å²) in [4.78, 5) is 19.0. The first-order valence-corrected chi connectivity index (χ1v) is 8.00. The summed E-state index contributed by atoms with van der Waals surface area (Å²) in [5.74, 6) is 0.981. The van der Waals surface area contributed by atoms with E-state index in [1.807, 2.05) is 42.2 Å². The third-order valence-corrected chi connectivity index (χ3v) is 4.72. The van der Waals surface area contributed by atoms with Crippen LogP contribution in [0, 0.1) is 6.92 Å². The van der Waals surface area contributed by atoms with E-state index in [2.05, 4.69) is 15.6 Å². The van der Waals surface area contributed by atoms with Crippen LogP contribution in [0.15, 0.2) is 48.5 Å². The lowest BCUT2D eigenvalue weighted by molar-refractivity contribution is 0.0523. The maximum atomic E-state index is 12.5. The highest BCUT2D eigenvalue weighted by atomic mass is 35.5. The summed E-state index contributed by atoms with van der Waals surface area (Å²) in [6, 6.07) is 15.6. The zero-order valence-electron chi connectivity index (χ0n) is 12.7. The number of amides is 1. The molecule has 1 aliphatic heterocycles. The average Bonchev–Trinajstić information content (AvgIpc) is 2.83. The Labute approximate surface area is 139 Å². The molecular formula is C18H16ClN3O. The quantitative estimate of drug-likeness (QED) is 0.720. The van der Waals surface area contributed by atoms with Gasteiger partial charge in [-0.2, -0.15) is 0 Å². The van der Waals surface area contributed by atoms with Crippen LogP contribution in [0.3, 0.4) is 0 Å². The Morgan fingerprint density at radius 1 is 1.13 bits per heavy atom. The minimum atomic E-state index is -0.00563. The van der Waals surface area contributed by atoms with E-state index >= 15 is 0 Å². The van der Waals surface area contributed by atoms with Crippen LogP contribution in [0.5, 0.6) is 0 Å². The van der Waals surface area contributed by atoms with Crippen molar-refractivity contribution >= 4 is 28.5 Å². The first-order valence-electron chi connectivity index (χ1n) is 7.62. The van der Waals surface area contributed by atoms with Gasteiger partial charge in [-0.05, 0) is 31.2 Å². The molecule has 2 aromatic carbocycles. The van der Waals surface area contributed by atoms with Gasteiger partial charge in [0.1, 0.15) is 5.82 Å². The van der Waals surface area contributed by atoms with Crippen molar-refractivity contribution in [2.45, 2.75) is 13.0 Å². The highest BCUT2D eigenvalue weighted by Gasteiger charge is 2.34. The topological polar surface area (TPSA) is 38.1 Å². The first kappa shape index (κ1) is 14.3.